The summed E-state index contributed by atoms with van der Waals surface area (Å²) in [5, 5.41) is 10.7. The smallest absolute Gasteiger partial charge is 0.294 e. The van der Waals surface area contributed by atoms with Crippen LogP contribution in [0, 0.1) is 19.3 Å². The Kier molecular flexibility index (Phi) is 5.26. The summed E-state index contributed by atoms with van der Waals surface area (Å²) in [5.74, 6) is -0.628. The third kappa shape index (κ3) is 3.77. The second kappa shape index (κ2) is 7.39. The molecule has 0 fully saturated rings. The molecule has 0 spiro atoms. The number of Topliss-reactive ketones (excluding diaryl/α,β-unsaturated/α-hetero) is 1. The molecule has 1 amide bonds. The second-order valence-electron chi connectivity index (χ2n) is 8.54. The van der Waals surface area contributed by atoms with Gasteiger partial charge >= 0.3 is 0 Å². The summed E-state index contributed by atoms with van der Waals surface area (Å²) in [5.41, 5.74) is 2.76. The number of benzene rings is 2. The van der Waals surface area contributed by atoms with Crippen LogP contribution in [0.4, 0.5) is 5.69 Å². The van der Waals surface area contributed by atoms with Crippen molar-refractivity contribution in [1.82, 2.24) is 0 Å². The molecule has 0 bridgehead atoms. The third-order valence-electron chi connectivity index (χ3n) is 5.05. The maximum Gasteiger partial charge on any atom is 0.294 e. The fraction of sp³-hybridized carbons (Fsp3) is 0.333. The van der Waals surface area contributed by atoms with Crippen LogP contribution in [-0.2, 0) is 9.59 Å². The van der Waals surface area contributed by atoms with Gasteiger partial charge in [0.15, 0.2) is 11.5 Å². The van der Waals surface area contributed by atoms with Crippen molar-refractivity contribution in [3.8, 4) is 5.75 Å². The average Bonchev–Trinajstić information content (AvgIpc) is 2.90. The monoisotopic (exact) mass is 393 g/mol. The predicted molar refractivity (Wildman–Crippen MR) is 113 cm³/mol. The Bertz CT molecular complexity index is 976. The predicted octanol–water partition coefficient (Wildman–Crippen LogP) is 4.83. The van der Waals surface area contributed by atoms with Crippen LogP contribution < -0.4 is 9.64 Å². The van der Waals surface area contributed by atoms with Crippen molar-refractivity contribution >= 4 is 17.4 Å². The number of carbonyl (C=O) groups is 2. The highest BCUT2D eigenvalue weighted by Gasteiger charge is 2.46. The molecule has 2 aromatic rings. The van der Waals surface area contributed by atoms with Crippen LogP contribution in [0.1, 0.15) is 43.5 Å². The number of ketones is 1. The van der Waals surface area contributed by atoms with Crippen molar-refractivity contribution in [2.75, 3.05) is 12.0 Å². The number of ether oxygens (including phenoxy) is 1. The molecule has 0 aromatic heterocycles. The first-order valence-corrected chi connectivity index (χ1v) is 9.58. The summed E-state index contributed by atoms with van der Waals surface area (Å²) < 4.78 is 5.24. The minimum atomic E-state index is -0.743. The van der Waals surface area contributed by atoms with Gasteiger partial charge < -0.3 is 9.84 Å². The molecule has 2 aromatic carbocycles. The van der Waals surface area contributed by atoms with Crippen LogP contribution in [0.25, 0.3) is 0 Å². The van der Waals surface area contributed by atoms with Gasteiger partial charge in [0.1, 0.15) is 5.75 Å². The molecule has 152 valence electrons. The average molecular weight is 393 g/mol. The van der Waals surface area contributed by atoms with E-state index in [-0.39, 0.29) is 11.4 Å². The Labute approximate surface area is 171 Å². The number of aryl methyl sites for hydroxylation is 2. The molecule has 0 aliphatic carbocycles. The van der Waals surface area contributed by atoms with Crippen LogP contribution in [0.3, 0.4) is 0 Å². The molecule has 1 aliphatic rings. The minimum Gasteiger partial charge on any atom is -0.503 e. The topological polar surface area (TPSA) is 66.8 Å². The first kappa shape index (κ1) is 20.6. The van der Waals surface area contributed by atoms with Crippen molar-refractivity contribution in [3.63, 3.8) is 0 Å². The Morgan fingerprint density at radius 2 is 1.59 bits per heavy atom. The fourth-order valence-electron chi connectivity index (χ4n) is 3.70. The molecule has 1 unspecified atom stereocenters. The van der Waals surface area contributed by atoms with Crippen LogP contribution in [0.2, 0.25) is 0 Å². The summed E-state index contributed by atoms with van der Waals surface area (Å²) in [6.07, 6.45) is 0. The van der Waals surface area contributed by atoms with Crippen LogP contribution in [0.15, 0.2) is 53.8 Å². The number of hydrogen-bond acceptors (Lipinski definition) is 4. The van der Waals surface area contributed by atoms with Gasteiger partial charge in [-0.15, -0.1) is 0 Å². The van der Waals surface area contributed by atoms with Gasteiger partial charge in [-0.25, -0.2) is 0 Å². The standard InChI is InChI=1S/C24H27NO4/c1-14-11-15(2)13-17(12-14)25-20(16-7-9-18(29-6)10-8-16)19(21(26)23(25)28)22(27)24(3,4)5/h7-13,20,26H,1-6H3. The van der Waals surface area contributed by atoms with Gasteiger partial charge in [0.25, 0.3) is 5.91 Å². The lowest BCUT2D eigenvalue weighted by atomic mass is 9.82. The molecule has 0 saturated carbocycles. The first-order chi connectivity index (χ1) is 13.5. The number of nitrogens with zero attached hydrogens (tertiary/aromatic N) is 1. The highest BCUT2D eigenvalue weighted by molar-refractivity contribution is 6.17. The number of anilines is 1. The molecule has 29 heavy (non-hydrogen) atoms. The van der Waals surface area contributed by atoms with Crippen LogP contribution >= 0.6 is 0 Å². The van der Waals surface area contributed by atoms with E-state index in [9.17, 15) is 14.7 Å². The summed E-state index contributed by atoms with van der Waals surface area (Å²) in [6, 6.07) is 12.3. The van der Waals surface area contributed by atoms with Gasteiger partial charge in [-0.2, -0.15) is 0 Å². The highest BCUT2D eigenvalue weighted by Crippen LogP contribution is 2.43. The molecule has 0 radical (unpaired) electrons. The summed E-state index contributed by atoms with van der Waals surface area (Å²) >= 11 is 0. The largest absolute Gasteiger partial charge is 0.503 e. The summed E-state index contributed by atoms with van der Waals surface area (Å²) in [4.78, 5) is 27.8. The molecule has 3 rings (SSSR count). The molecule has 1 aliphatic heterocycles. The number of aliphatic hydroxyl groups excluding tert-OH is 1. The van der Waals surface area contributed by atoms with Crippen molar-refractivity contribution < 1.29 is 19.4 Å². The Balaban J connectivity index is 2.22. The molecular weight excluding hydrogens is 366 g/mol. The van der Waals surface area contributed by atoms with E-state index < -0.39 is 23.1 Å². The van der Waals surface area contributed by atoms with E-state index in [1.807, 2.05) is 44.2 Å². The number of methoxy groups -OCH3 is 1. The van der Waals surface area contributed by atoms with Crippen LogP contribution in [0.5, 0.6) is 5.75 Å². The maximum absolute atomic E-state index is 13.2. The number of aliphatic hydroxyl groups is 1. The molecule has 1 heterocycles. The van der Waals surface area contributed by atoms with E-state index in [1.54, 1.807) is 40.0 Å². The summed E-state index contributed by atoms with van der Waals surface area (Å²) in [7, 11) is 1.58. The Morgan fingerprint density at radius 1 is 1.03 bits per heavy atom. The molecule has 1 N–H and O–H groups in total. The number of carbonyl (C=O) groups excluding carboxylic acids is 2. The minimum absolute atomic E-state index is 0.131. The molecular formula is C24H27NO4. The van der Waals surface area contributed by atoms with Crippen molar-refractivity contribution in [2.24, 2.45) is 5.41 Å². The SMILES string of the molecule is COc1ccc(C2C(C(=O)C(C)(C)C)=C(O)C(=O)N2c2cc(C)cc(C)c2)cc1. The zero-order valence-corrected chi connectivity index (χ0v) is 17.7. The van der Waals surface area contributed by atoms with Gasteiger partial charge in [0, 0.05) is 11.1 Å². The van der Waals surface area contributed by atoms with Gasteiger partial charge in [0.2, 0.25) is 0 Å². The molecule has 5 nitrogen and oxygen atoms in total. The van der Waals surface area contributed by atoms with E-state index in [1.165, 1.54) is 4.90 Å². The lowest BCUT2D eigenvalue weighted by Gasteiger charge is -2.29. The number of rotatable bonds is 4. The van der Waals surface area contributed by atoms with Gasteiger partial charge in [0.05, 0.1) is 18.7 Å². The highest BCUT2D eigenvalue weighted by atomic mass is 16.5. The van der Waals surface area contributed by atoms with Gasteiger partial charge in [-0.1, -0.05) is 39.0 Å². The lowest BCUT2D eigenvalue weighted by molar-refractivity contribution is -0.123. The van der Waals surface area contributed by atoms with E-state index >= 15 is 0 Å². The summed E-state index contributed by atoms with van der Waals surface area (Å²) in [6.45, 7) is 9.25. The van der Waals surface area contributed by atoms with E-state index in [0.29, 0.717) is 11.4 Å². The van der Waals surface area contributed by atoms with Crippen molar-refractivity contribution in [3.05, 3.63) is 70.5 Å². The molecule has 1 atom stereocenters. The Hall–Kier alpha value is -3.08. The zero-order chi connectivity index (χ0) is 21.5. The third-order valence-corrected chi connectivity index (χ3v) is 5.05. The van der Waals surface area contributed by atoms with Crippen molar-refractivity contribution in [2.45, 2.75) is 40.7 Å². The molecule has 5 heteroatoms. The number of hydrogen-bond donors (Lipinski definition) is 1. The zero-order valence-electron chi connectivity index (χ0n) is 17.7. The molecule has 0 saturated heterocycles. The normalized spacial score (nSPS) is 17.1. The van der Waals surface area contributed by atoms with Gasteiger partial charge in [-0.3, -0.25) is 14.5 Å². The quantitative estimate of drug-likeness (QED) is 0.808. The van der Waals surface area contributed by atoms with E-state index in [4.69, 9.17) is 4.74 Å². The number of amides is 1. The van der Waals surface area contributed by atoms with Crippen molar-refractivity contribution in [1.29, 1.82) is 0 Å². The van der Waals surface area contributed by atoms with E-state index in [2.05, 4.69) is 0 Å². The van der Waals surface area contributed by atoms with E-state index in [0.717, 1.165) is 16.7 Å². The van der Waals surface area contributed by atoms with Crippen LogP contribution in [-0.4, -0.2) is 23.9 Å². The maximum atomic E-state index is 13.2. The second-order valence-corrected chi connectivity index (χ2v) is 8.54. The first-order valence-electron chi connectivity index (χ1n) is 9.58. The Morgan fingerprint density at radius 3 is 2.07 bits per heavy atom. The van der Waals surface area contributed by atoms with Gasteiger partial charge in [-0.05, 0) is 54.8 Å². The fourth-order valence-corrected chi connectivity index (χ4v) is 3.70. The lowest BCUT2D eigenvalue weighted by Crippen LogP contribution is -2.33.